The number of nitrogens with zero attached hydrogens (tertiary/aromatic N) is 3. The summed E-state index contributed by atoms with van der Waals surface area (Å²) in [5.74, 6) is 2.60. The van der Waals surface area contributed by atoms with Crippen molar-refractivity contribution in [3.05, 3.63) is 52.8 Å². The minimum absolute atomic E-state index is 0.00782. The number of anilines is 1. The Morgan fingerprint density at radius 1 is 1.29 bits per heavy atom. The average Bonchev–Trinajstić information content (AvgIpc) is 3.01. The van der Waals surface area contributed by atoms with Crippen molar-refractivity contribution in [3.63, 3.8) is 0 Å². The number of hydrogen-bond acceptors (Lipinski definition) is 3. The molecular formula is C19H21BN3O+. The van der Waals surface area contributed by atoms with Crippen LogP contribution in [0, 0.1) is 20.6 Å². The van der Waals surface area contributed by atoms with E-state index in [1.54, 1.807) is 19.2 Å². The van der Waals surface area contributed by atoms with Gasteiger partial charge in [0.2, 0.25) is 5.71 Å². The third-order valence-electron chi connectivity index (χ3n) is 4.58. The van der Waals surface area contributed by atoms with E-state index in [1.165, 1.54) is 6.07 Å². The summed E-state index contributed by atoms with van der Waals surface area (Å²) in [4.78, 5) is 6.14. The summed E-state index contributed by atoms with van der Waals surface area (Å²) in [6, 6.07) is 5.11. The third kappa shape index (κ3) is 2.15. The lowest BCUT2D eigenvalue weighted by atomic mass is 9.55. The molecule has 5 heteroatoms. The van der Waals surface area contributed by atoms with Crippen LogP contribution in [-0.4, -0.2) is 18.9 Å². The summed E-state index contributed by atoms with van der Waals surface area (Å²) in [6.07, 6.45) is 3.59. The van der Waals surface area contributed by atoms with Gasteiger partial charge in [-0.3, -0.25) is 0 Å². The highest BCUT2D eigenvalue weighted by Crippen LogP contribution is 2.35. The largest absolute Gasteiger partial charge is 0.423 e. The Morgan fingerprint density at radius 3 is 2.96 bits per heavy atom. The molecule has 120 valence electrons. The maximum Gasteiger partial charge on any atom is 0.398 e. The fourth-order valence-electron chi connectivity index (χ4n) is 3.21. The van der Waals surface area contributed by atoms with Gasteiger partial charge in [-0.1, -0.05) is 12.1 Å². The molecule has 3 aromatic rings. The molecule has 4 rings (SSSR count). The molecule has 0 atom stereocenters. The minimum Gasteiger partial charge on any atom is -0.423 e. The first kappa shape index (κ1) is 9.67. The zero-order chi connectivity index (χ0) is 22.0. The van der Waals surface area contributed by atoms with Crippen LogP contribution >= 0.6 is 0 Å². The lowest BCUT2D eigenvalue weighted by Gasteiger charge is -2.24. The van der Waals surface area contributed by atoms with Crippen molar-refractivity contribution >= 4 is 35.5 Å². The SMILES string of the molecule is [2H]C([2H])([2H])c1ccc2c3c(oc2n1)N(C)B(c1cc(C)c(C([2H])([2H])[2H])c[n+]1C)C=C3. The van der Waals surface area contributed by atoms with E-state index in [0.717, 1.165) is 16.5 Å². The molecule has 24 heavy (non-hydrogen) atoms. The van der Waals surface area contributed by atoms with E-state index in [9.17, 15) is 0 Å². The van der Waals surface area contributed by atoms with Gasteiger partial charge in [-0.15, -0.1) is 0 Å². The van der Waals surface area contributed by atoms with Crippen LogP contribution in [-0.2, 0) is 7.05 Å². The van der Waals surface area contributed by atoms with Crippen LogP contribution < -0.4 is 15.0 Å². The average molecular weight is 324 g/mol. The van der Waals surface area contributed by atoms with E-state index in [-0.39, 0.29) is 18.3 Å². The minimum atomic E-state index is -2.30. The maximum atomic E-state index is 7.72. The van der Waals surface area contributed by atoms with Crippen LogP contribution in [0.2, 0.25) is 0 Å². The van der Waals surface area contributed by atoms with Gasteiger partial charge in [0.15, 0.2) is 17.7 Å². The molecule has 4 heterocycles. The first-order chi connectivity index (χ1) is 13.9. The number of furan rings is 1. The lowest BCUT2D eigenvalue weighted by molar-refractivity contribution is -0.654. The van der Waals surface area contributed by atoms with Crippen molar-refractivity contribution in [1.82, 2.24) is 4.98 Å². The monoisotopic (exact) mass is 324 g/mol. The van der Waals surface area contributed by atoms with Crippen LogP contribution in [0.15, 0.2) is 34.8 Å². The summed E-state index contributed by atoms with van der Waals surface area (Å²) in [7, 11) is 3.71. The van der Waals surface area contributed by atoms with Gasteiger partial charge in [0.25, 0.3) is 0 Å². The van der Waals surface area contributed by atoms with Crippen molar-refractivity contribution in [2.75, 3.05) is 11.9 Å². The first-order valence-corrected chi connectivity index (χ1v) is 7.73. The fourth-order valence-corrected chi connectivity index (χ4v) is 3.21. The fraction of sp³-hybridized carbons (Fsp3) is 0.263. The molecule has 0 bridgehead atoms. The molecule has 0 radical (unpaired) electrons. The van der Waals surface area contributed by atoms with Crippen molar-refractivity contribution in [2.24, 2.45) is 7.05 Å². The summed E-state index contributed by atoms with van der Waals surface area (Å²) >= 11 is 0. The highest BCUT2D eigenvalue weighted by molar-refractivity contribution is 6.80. The summed E-state index contributed by atoms with van der Waals surface area (Å²) in [5.41, 5.74) is 3.04. The van der Waals surface area contributed by atoms with E-state index < -0.39 is 13.7 Å². The summed E-state index contributed by atoms with van der Waals surface area (Å²) in [6.45, 7) is -2.87. The van der Waals surface area contributed by atoms with Crippen LogP contribution in [0.3, 0.4) is 0 Å². The van der Waals surface area contributed by atoms with E-state index in [0.29, 0.717) is 17.0 Å². The highest BCUT2D eigenvalue weighted by Gasteiger charge is 2.35. The topological polar surface area (TPSA) is 33.2 Å². The first-order valence-electron chi connectivity index (χ1n) is 10.7. The maximum absolute atomic E-state index is 7.72. The molecule has 0 unspecified atom stereocenters. The molecule has 4 nitrogen and oxygen atoms in total. The molecule has 3 aromatic heterocycles. The summed E-state index contributed by atoms with van der Waals surface area (Å²) < 4.78 is 53.6. The molecule has 0 aliphatic carbocycles. The van der Waals surface area contributed by atoms with Crippen LogP contribution in [0.5, 0.6) is 0 Å². The molecule has 0 spiro atoms. The van der Waals surface area contributed by atoms with Crippen LogP contribution in [0.4, 0.5) is 5.88 Å². The Kier molecular flexibility index (Phi) is 2.11. The Morgan fingerprint density at radius 2 is 2.17 bits per heavy atom. The quantitative estimate of drug-likeness (QED) is 0.509. The second-order valence-electron chi connectivity index (χ2n) is 6.19. The Balaban J connectivity index is 1.78. The molecule has 0 amide bonds. The second-order valence-corrected chi connectivity index (χ2v) is 6.19. The molecule has 0 aromatic carbocycles. The summed E-state index contributed by atoms with van der Waals surface area (Å²) in [5, 5.41) is 0.748. The molecule has 0 saturated heterocycles. The predicted octanol–water partition coefficient (Wildman–Crippen LogP) is 2.48. The van der Waals surface area contributed by atoms with Gasteiger partial charge in [0, 0.05) is 36.5 Å². The van der Waals surface area contributed by atoms with Crippen molar-refractivity contribution < 1.29 is 17.2 Å². The van der Waals surface area contributed by atoms with E-state index in [2.05, 4.69) is 4.98 Å². The third-order valence-corrected chi connectivity index (χ3v) is 4.58. The highest BCUT2D eigenvalue weighted by atomic mass is 16.4. The zero-order valence-electron chi connectivity index (χ0n) is 19.8. The van der Waals surface area contributed by atoms with Crippen molar-refractivity contribution in [2.45, 2.75) is 20.6 Å². The zero-order valence-corrected chi connectivity index (χ0v) is 13.8. The Bertz CT molecular complexity index is 1180. The predicted molar refractivity (Wildman–Crippen MR) is 98.7 cm³/mol. The van der Waals surface area contributed by atoms with Gasteiger partial charge in [-0.25, -0.2) is 9.55 Å². The van der Waals surface area contributed by atoms with Gasteiger partial charge in [0.1, 0.15) is 7.05 Å². The van der Waals surface area contributed by atoms with E-state index >= 15 is 0 Å². The molecule has 0 N–H and O–H groups in total. The Labute approximate surface area is 151 Å². The number of aryl methyl sites for hydroxylation is 4. The van der Waals surface area contributed by atoms with E-state index in [1.807, 2.05) is 41.6 Å². The van der Waals surface area contributed by atoms with Crippen molar-refractivity contribution in [1.29, 1.82) is 0 Å². The number of rotatable bonds is 1. The molecule has 0 fully saturated rings. The normalized spacial score (nSPS) is 18.5. The molecule has 1 aliphatic heterocycles. The van der Waals surface area contributed by atoms with Crippen LogP contribution in [0.1, 0.15) is 30.6 Å². The second kappa shape index (κ2) is 5.23. The number of hydrogen-bond donors (Lipinski definition) is 0. The number of fused-ring (bicyclic) bond motifs is 3. The molecule has 1 aliphatic rings. The van der Waals surface area contributed by atoms with E-state index in [4.69, 9.17) is 12.6 Å². The van der Waals surface area contributed by atoms with Gasteiger partial charge in [-0.05, 0) is 45.4 Å². The van der Waals surface area contributed by atoms with Gasteiger partial charge in [-0.2, -0.15) is 0 Å². The molecular weight excluding hydrogens is 297 g/mol. The molecule has 0 saturated carbocycles. The smallest absolute Gasteiger partial charge is 0.398 e. The number of pyridine rings is 2. The lowest BCUT2D eigenvalue weighted by Crippen LogP contribution is -2.60. The van der Waals surface area contributed by atoms with Crippen molar-refractivity contribution in [3.8, 4) is 0 Å². The van der Waals surface area contributed by atoms with Gasteiger partial charge in [0.05, 0.1) is 0 Å². The Hall–Kier alpha value is -2.56. The van der Waals surface area contributed by atoms with Gasteiger partial charge < -0.3 is 9.23 Å². The number of aromatic nitrogens is 2. The standard InChI is InChI=1S/C19H21BN3O/c1-12-10-17(22(4)11-13(12)2)20-9-8-16-15-7-6-14(3)21-18(15)24-19(16)23(20)5/h6-11H,1-5H3/q+1/i2D3,3D3. The van der Waals surface area contributed by atoms with Crippen LogP contribution in [0.25, 0.3) is 17.2 Å². The van der Waals surface area contributed by atoms with Gasteiger partial charge >= 0.3 is 6.85 Å².